The van der Waals surface area contributed by atoms with Crippen molar-refractivity contribution in [3.05, 3.63) is 53.1 Å². The van der Waals surface area contributed by atoms with E-state index in [1.54, 1.807) is 6.07 Å². The molecule has 0 spiro atoms. The number of fused-ring (bicyclic) bond motifs is 1. The number of aryl methyl sites for hydroxylation is 1. The maximum atomic E-state index is 10.5. The van der Waals surface area contributed by atoms with E-state index >= 15 is 0 Å². The minimum absolute atomic E-state index is 0.0386. The van der Waals surface area contributed by atoms with Crippen LogP contribution in [0, 0.1) is 6.92 Å². The molecule has 1 saturated heterocycles. The van der Waals surface area contributed by atoms with E-state index in [0.29, 0.717) is 19.0 Å². The van der Waals surface area contributed by atoms with Gasteiger partial charge in [-0.3, -0.25) is 4.90 Å². The minimum atomic E-state index is -0.0386. The predicted octanol–water partition coefficient (Wildman–Crippen LogP) is 2.85. The molecule has 0 bridgehead atoms. The van der Waals surface area contributed by atoms with Gasteiger partial charge in [0.1, 0.15) is 5.75 Å². The molecule has 0 radical (unpaired) electrons. The molecule has 1 atom stereocenters. The Morgan fingerprint density at radius 1 is 1.00 bits per heavy atom. The maximum absolute atomic E-state index is 10.5. The highest BCUT2D eigenvalue weighted by atomic mass is 16.7. The van der Waals surface area contributed by atoms with Crippen LogP contribution in [-0.2, 0) is 4.74 Å². The first-order valence-corrected chi connectivity index (χ1v) is 8.23. The van der Waals surface area contributed by atoms with E-state index in [2.05, 4.69) is 17.0 Å². The summed E-state index contributed by atoms with van der Waals surface area (Å²) >= 11 is 0. The summed E-state index contributed by atoms with van der Waals surface area (Å²) in [5.74, 6) is 1.85. The third-order valence-electron chi connectivity index (χ3n) is 4.60. The summed E-state index contributed by atoms with van der Waals surface area (Å²) in [5.41, 5.74) is 3.12. The van der Waals surface area contributed by atoms with Gasteiger partial charge < -0.3 is 19.3 Å². The molecule has 0 amide bonds. The van der Waals surface area contributed by atoms with Crippen molar-refractivity contribution in [2.24, 2.45) is 0 Å². The molecule has 2 aromatic rings. The van der Waals surface area contributed by atoms with Crippen LogP contribution in [-0.4, -0.2) is 43.1 Å². The van der Waals surface area contributed by atoms with Gasteiger partial charge in [0.05, 0.1) is 19.3 Å². The molecule has 2 aliphatic heterocycles. The summed E-state index contributed by atoms with van der Waals surface area (Å²) in [6.45, 7) is 5.36. The Hall–Kier alpha value is -2.24. The van der Waals surface area contributed by atoms with E-state index in [0.717, 1.165) is 41.3 Å². The monoisotopic (exact) mass is 327 g/mol. The number of hydrogen-bond acceptors (Lipinski definition) is 5. The molecule has 1 N–H and O–H groups in total. The predicted molar refractivity (Wildman–Crippen MR) is 89.6 cm³/mol. The molecule has 5 nitrogen and oxygen atoms in total. The highest BCUT2D eigenvalue weighted by molar-refractivity contribution is 5.49. The molecule has 0 aliphatic carbocycles. The summed E-state index contributed by atoms with van der Waals surface area (Å²) in [7, 11) is 0. The summed E-state index contributed by atoms with van der Waals surface area (Å²) < 4.78 is 16.5. The quantitative estimate of drug-likeness (QED) is 0.939. The van der Waals surface area contributed by atoms with Crippen LogP contribution in [0.5, 0.6) is 17.2 Å². The first-order chi connectivity index (χ1) is 11.7. The zero-order valence-corrected chi connectivity index (χ0v) is 13.7. The van der Waals surface area contributed by atoms with Crippen molar-refractivity contribution in [3.63, 3.8) is 0 Å². The van der Waals surface area contributed by atoms with Gasteiger partial charge in [0.15, 0.2) is 11.5 Å². The standard InChI is InChI=1S/C19H21NO4/c1-13-2-4-16(21)15(10-13)19(20-6-8-22-9-7-20)14-3-5-17-18(11-14)24-12-23-17/h2-5,10-11,19,21H,6-9,12H2,1H3/t19-/m1/s1. The van der Waals surface area contributed by atoms with Gasteiger partial charge in [-0.25, -0.2) is 0 Å². The fourth-order valence-corrected chi connectivity index (χ4v) is 3.40. The maximum Gasteiger partial charge on any atom is 0.231 e. The van der Waals surface area contributed by atoms with Crippen LogP contribution in [0.4, 0.5) is 0 Å². The van der Waals surface area contributed by atoms with Crippen molar-refractivity contribution in [3.8, 4) is 17.2 Å². The molecule has 1 fully saturated rings. The number of phenolic OH excluding ortho intramolecular Hbond substituents is 1. The number of hydrogen-bond donors (Lipinski definition) is 1. The molecule has 126 valence electrons. The van der Waals surface area contributed by atoms with Crippen LogP contribution in [0.1, 0.15) is 22.7 Å². The fraction of sp³-hybridized carbons (Fsp3) is 0.368. The lowest BCUT2D eigenvalue weighted by Gasteiger charge is -2.35. The average Bonchev–Trinajstić information content (AvgIpc) is 3.07. The Bertz CT molecular complexity index is 740. The number of aromatic hydroxyl groups is 1. The first-order valence-electron chi connectivity index (χ1n) is 8.23. The fourth-order valence-electron chi connectivity index (χ4n) is 3.40. The second kappa shape index (κ2) is 6.34. The topological polar surface area (TPSA) is 51.2 Å². The molecule has 0 unspecified atom stereocenters. The van der Waals surface area contributed by atoms with E-state index in [4.69, 9.17) is 14.2 Å². The number of phenols is 1. The second-order valence-corrected chi connectivity index (χ2v) is 6.23. The summed E-state index contributed by atoms with van der Waals surface area (Å²) in [5, 5.41) is 10.5. The van der Waals surface area contributed by atoms with Gasteiger partial charge in [-0.05, 0) is 30.7 Å². The molecule has 2 heterocycles. The lowest BCUT2D eigenvalue weighted by atomic mass is 9.94. The van der Waals surface area contributed by atoms with Gasteiger partial charge in [0.25, 0.3) is 0 Å². The van der Waals surface area contributed by atoms with E-state index in [1.165, 1.54) is 0 Å². The minimum Gasteiger partial charge on any atom is -0.508 e. The molecule has 0 saturated carbocycles. The lowest BCUT2D eigenvalue weighted by Crippen LogP contribution is -2.39. The molecule has 5 heteroatoms. The lowest BCUT2D eigenvalue weighted by molar-refractivity contribution is 0.0235. The van der Waals surface area contributed by atoms with Crippen LogP contribution < -0.4 is 9.47 Å². The largest absolute Gasteiger partial charge is 0.508 e. The molecular formula is C19H21NO4. The van der Waals surface area contributed by atoms with Gasteiger partial charge in [-0.1, -0.05) is 23.8 Å². The first kappa shape index (κ1) is 15.3. The second-order valence-electron chi connectivity index (χ2n) is 6.23. The van der Waals surface area contributed by atoms with Crippen molar-refractivity contribution >= 4 is 0 Å². The van der Waals surface area contributed by atoms with Crippen molar-refractivity contribution < 1.29 is 19.3 Å². The van der Waals surface area contributed by atoms with Gasteiger partial charge in [-0.15, -0.1) is 0 Å². The molecule has 24 heavy (non-hydrogen) atoms. The zero-order chi connectivity index (χ0) is 16.5. The Morgan fingerprint density at radius 2 is 1.79 bits per heavy atom. The van der Waals surface area contributed by atoms with Crippen molar-refractivity contribution in [1.82, 2.24) is 4.90 Å². The third kappa shape index (κ3) is 2.81. The van der Waals surface area contributed by atoms with Gasteiger partial charge in [0.2, 0.25) is 6.79 Å². The third-order valence-corrected chi connectivity index (χ3v) is 4.60. The van der Waals surface area contributed by atoms with Crippen LogP contribution in [0.3, 0.4) is 0 Å². The number of nitrogens with zero attached hydrogens (tertiary/aromatic N) is 1. The number of rotatable bonds is 3. The average molecular weight is 327 g/mol. The summed E-state index contributed by atoms with van der Waals surface area (Å²) in [4.78, 5) is 2.34. The Morgan fingerprint density at radius 3 is 2.62 bits per heavy atom. The van der Waals surface area contributed by atoms with Crippen molar-refractivity contribution in [1.29, 1.82) is 0 Å². The van der Waals surface area contributed by atoms with Crippen LogP contribution in [0.25, 0.3) is 0 Å². The van der Waals surface area contributed by atoms with Crippen LogP contribution in [0.2, 0.25) is 0 Å². The molecular weight excluding hydrogens is 306 g/mol. The smallest absolute Gasteiger partial charge is 0.231 e. The Labute approximate surface area is 141 Å². The zero-order valence-electron chi connectivity index (χ0n) is 13.7. The van der Waals surface area contributed by atoms with Crippen molar-refractivity contribution in [2.45, 2.75) is 13.0 Å². The number of ether oxygens (including phenoxy) is 3. The van der Waals surface area contributed by atoms with Crippen LogP contribution >= 0.6 is 0 Å². The highest BCUT2D eigenvalue weighted by Gasteiger charge is 2.28. The van der Waals surface area contributed by atoms with Gasteiger partial charge in [-0.2, -0.15) is 0 Å². The summed E-state index contributed by atoms with van der Waals surface area (Å²) in [6.07, 6.45) is 0. The Kier molecular flexibility index (Phi) is 4.04. The number of morpholine rings is 1. The molecule has 4 rings (SSSR count). The van der Waals surface area contributed by atoms with Gasteiger partial charge >= 0.3 is 0 Å². The van der Waals surface area contributed by atoms with E-state index in [1.807, 2.05) is 25.1 Å². The SMILES string of the molecule is Cc1ccc(O)c([C@@H](c2ccc3c(c2)OCO3)N2CCOCC2)c1. The number of benzene rings is 2. The molecule has 2 aliphatic rings. The van der Waals surface area contributed by atoms with E-state index in [9.17, 15) is 5.11 Å². The summed E-state index contributed by atoms with van der Waals surface area (Å²) in [6, 6.07) is 11.7. The van der Waals surface area contributed by atoms with E-state index < -0.39 is 0 Å². The normalized spacial score (nSPS) is 18.5. The van der Waals surface area contributed by atoms with Crippen molar-refractivity contribution in [2.75, 3.05) is 33.1 Å². The van der Waals surface area contributed by atoms with Crippen LogP contribution in [0.15, 0.2) is 36.4 Å². The van der Waals surface area contributed by atoms with Gasteiger partial charge in [0, 0.05) is 18.7 Å². The molecule has 2 aromatic carbocycles. The molecule has 0 aromatic heterocycles. The highest BCUT2D eigenvalue weighted by Crippen LogP contribution is 2.40. The van der Waals surface area contributed by atoms with E-state index in [-0.39, 0.29) is 12.8 Å². The Balaban J connectivity index is 1.79.